The number of fused-ring (bicyclic) bond motifs is 1. The predicted octanol–water partition coefficient (Wildman–Crippen LogP) is 3.99. The Balaban J connectivity index is 1.67. The first kappa shape index (κ1) is 20.7. The summed E-state index contributed by atoms with van der Waals surface area (Å²) in [5.74, 6) is 0.734. The summed E-state index contributed by atoms with van der Waals surface area (Å²) >= 11 is 0. The molecule has 0 unspecified atom stereocenters. The number of ether oxygens (including phenoxy) is 1. The van der Waals surface area contributed by atoms with E-state index in [1.54, 1.807) is 16.8 Å². The Bertz CT molecular complexity index is 1380. The number of aryl methyl sites for hydroxylation is 1. The molecule has 2 aromatic heterocycles. The SMILES string of the molecule is Cn1cc(-c2cc(OC3CCCCC3)c3c(-c4cccc(S(N)(=O)=O)c4)n[nH]c3c2)cn1. The molecule has 1 aliphatic rings. The van der Waals surface area contributed by atoms with E-state index in [1.807, 2.05) is 37.6 Å². The number of nitrogens with two attached hydrogens (primary N) is 1. The maximum Gasteiger partial charge on any atom is 0.238 e. The average molecular weight is 452 g/mol. The summed E-state index contributed by atoms with van der Waals surface area (Å²) in [6, 6.07) is 10.6. The van der Waals surface area contributed by atoms with E-state index < -0.39 is 10.0 Å². The molecule has 2 aromatic carbocycles. The fourth-order valence-corrected chi connectivity index (χ4v) is 4.90. The number of aromatic amines is 1. The van der Waals surface area contributed by atoms with Gasteiger partial charge in [-0.2, -0.15) is 10.2 Å². The van der Waals surface area contributed by atoms with E-state index in [-0.39, 0.29) is 11.0 Å². The van der Waals surface area contributed by atoms with Gasteiger partial charge in [0.15, 0.2) is 0 Å². The van der Waals surface area contributed by atoms with E-state index in [4.69, 9.17) is 9.88 Å². The van der Waals surface area contributed by atoms with Crippen molar-refractivity contribution >= 4 is 20.9 Å². The molecule has 0 bridgehead atoms. The van der Waals surface area contributed by atoms with Crippen LogP contribution in [-0.4, -0.2) is 34.5 Å². The molecule has 8 nitrogen and oxygen atoms in total. The van der Waals surface area contributed by atoms with E-state index in [1.165, 1.54) is 12.5 Å². The Hall–Kier alpha value is -3.17. The number of nitrogens with one attached hydrogen (secondary N) is 1. The van der Waals surface area contributed by atoms with Crippen molar-refractivity contribution in [2.24, 2.45) is 12.2 Å². The van der Waals surface area contributed by atoms with Crippen molar-refractivity contribution in [1.29, 1.82) is 0 Å². The average Bonchev–Trinajstić information content (AvgIpc) is 3.40. The van der Waals surface area contributed by atoms with Crippen LogP contribution in [0.3, 0.4) is 0 Å². The Kier molecular flexibility index (Phi) is 5.22. The lowest BCUT2D eigenvalue weighted by Gasteiger charge is -2.24. The zero-order valence-electron chi connectivity index (χ0n) is 17.8. The highest BCUT2D eigenvalue weighted by Crippen LogP contribution is 2.39. The van der Waals surface area contributed by atoms with Crippen LogP contribution in [0.15, 0.2) is 53.7 Å². The topological polar surface area (TPSA) is 116 Å². The first-order chi connectivity index (χ1) is 15.4. The first-order valence-electron chi connectivity index (χ1n) is 10.7. The van der Waals surface area contributed by atoms with Crippen LogP contribution in [0.2, 0.25) is 0 Å². The van der Waals surface area contributed by atoms with Crippen molar-refractivity contribution in [1.82, 2.24) is 20.0 Å². The summed E-state index contributed by atoms with van der Waals surface area (Å²) in [6.45, 7) is 0. The first-order valence-corrected chi connectivity index (χ1v) is 12.2. The molecule has 0 atom stereocenters. The lowest BCUT2D eigenvalue weighted by atomic mass is 9.97. The second kappa shape index (κ2) is 8.07. The zero-order chi connectivity index (χ0) is 22.3. The zero-order valence-corrected chi connectivity index (χ0v) is 18.6. The van der Waals surface area contributed by atoms with Crippen LogP contribution in [0.25, 0.3) is 33.3 Å². The normalized spacial score (nSPS) is 15.3. The van der Waals surface area contributed by atoms with Gasteiger partial charge in [0.1, 0.15) is 11.4 Å². The van der Waals surface area contributed by atoms with Crippen molar-refractivity contribution in [3.63, 3.8) is 0 Å². The number of nitrogens with zero attached hydrogens (tertiary/aromatic N) is 3. The lowest BCUT2D eigenvalue weighted by molar-refractivity contribution is 0.157. The Morgan fingerprint density at radius 2 is 1.91 bits per heavy atom. The van der Waals surface area contributed by atoms with Gasteiger partial charge in [-0.1, -0.05) is 18.6 Å². The molecule has 32 heavy (non-hydrogen) atoms. The Morgan fingerprint density at radius 3 is 2.62 bits per heavy atom. The van der Waals surface area contributed by atoms with Gasteiger partial charge in [0, 0.05) is 24.4 Å². The van der Waals surface area contributed by atoms with Crippen LogP contribution in [0.4, 0.5) is 0 Å². The van der Waals surface area contributed by atoms with Crippen molar-refractivity contribution in [2.75, 3.05) is 0 Å². The number of aromatic nitrogens is 4. The number of hydrogen-bond acceptors (Lipinski definition) is 5. The van der Waals surface area contributed by atoms with Crippen LogP contribution < -0.4 is 9.88 Å². The monoisotopic (exact) mass is 451 g/mol. The molecule has 1 saturated carbocycles. The number of rotatable bonds is 5. The van der Waals surface area contributed by atoms with Crippen molar-refractivity contribution in [3.05, 3.63) is 48.8 Å². The molecule has 3 N–H and O–H groups in total. The molecular formula is C23H25N5O3S. The predicted molar refractivity (Wildman–Crippen MR) is 123 cm³/mol. The third-order valence-corrected chi connectivity index (χ3v) is 6.86. The second-order valence-corrected chi connectivity index (χ2v) is 9.88. The molecule has 1 fully saturated rings. The van der Waals surface area contributed by atoms with Gasteiger partial charge in [-0.25, -0.2) is 13.6 Å². The molecule has 0 amide bonds. The number of benzene rings is 2. The van der Waals surface area contributed by atoms with E-state index >= 15 is 0 Å². The fourth-order valence-electron chi connectivity index (χ4n) is 4.34. The van der Waals surface area contributed by atoms with Gasteiger partial charge in [0.05, 0.1) is 28.1 Å². The molecule has 0 radical (unpaired) electrons. The standard InChI is InChI=1S/C23H25N5O3S/c1-28-14-17(13-25-28)16-11-20-22(21(12-16)31-18-7-3-2-4-8-18)23(27-26-20)15-6-5-9-19(10-15)32(24,29)30/h5-6,9-14,18H,2-4,7-8H2,1H3,(H,26,27)(H2,24,29,30). The van der Waals surface area contributed by atoms with Crippen LogP contribution in [0.1, 0.15) is 32.1 Å². The molecule has 4 aromatic rings. The quantitative estimate of drug-likeness (QED) is 0.476. The van der Waals surface area contributed by atoms with Crippen LogP contribution in [-0.2, 0) is 17.1 Å². The molecule has 0 saturated heterocycles. The van der Waals surface area contributed by atoms with Crippen LogP contribution >= 0.6 is 0 Å². The molecule has 2 heterocycles. The van der Waals surface area contributed by atoms with Crippen LogP contribution in [0, 0.1) is 0 Å². The van der Waals surface area contributed by atoms with Gasteiger partial charge in [-0.15, -0.1) is 0 Å². The minimum Gasteiger partial charge on any atom is -0.490 e. The van der Waals surface area contributed by atoms with E-state index in [2.05, 4.69) is 15.3 Å². The molecule has 1 aliphatic carbocycles. The van der Waals surface area contributed by atoms with Gasteiger partial charge < -0.3 is 4.74 Å². The molecule has 9 heteroatoms. The van der Waals surface area contributed by atoms with E-state index in [0.717, 1.165) is 53.5 Å². The highest BCUT2D eigenvalue weighted by molar-refractivity contribution is 7.89. The molecular weight excluding hydrogens is 426 g/mol. The maximum atomic E-state index is 11.9. The molecule has 0 spiro atoms. The molecule has 0 aliphatic heterocycles. The van der Waals surface area contributed by atoms with Gasteiger partial charge in [-0.05, 0) is 55.5 Å². The molecule has 166 valence electrons. The summed E-state index contributed by atoms with van der Waals surface area (Å²) in [7, 11) is -1.94. The maximum absolute atomic E-state index is 11.9. The highest BCUT2D eigenvalue weighted by Gasteiger charge is 2.21. The van der Waals surface area contributed by atoms with Crippen molar-refractivity contribution in [2.45, 2.75) is 43.1 Å². The number of H-pyrrole nitrogens is 1. The van der Waals surface area contributed by atoms with Gasteiger partial charge in [0.25, 0.3) is 0 Å². The minimum absolute atomic E-state index is 0.0490. The van der Waals surface area contributed by atoms with Crippen LogP contribution in [0.5, 0.6) is 5.75 Å². The molecule has 5 rings (SSSR count). The van der Waals surface area contributed by atoms with Gasteiger partial charge in [0.2, 0.25) is 10.0 Å². The van der Waals surface area contributed by atoms with Crippen molar-refractivity contribution in [3.8, 4) is 28.1 Å². The summed E-state index contributed by atoms with van der Waals surface area (Å²) < 4.78 is 32.0. The fraction of sp³-hybridized carbons (Fsp3) is 0.304. The number of primary sulfonamides is 1. The Labute approximate surface area is 186 Å². The second-order valence-electron chi connectivity index (χ2n) is 8.32. The van der Waals surface area contributed by atoms with E-state index in [0.29, 0.717) is 11.3 Å². The summed E-state index contributed by atoms with van der Waals surface area (Å²) in [6.07, 6.45) is 9.52. The third-order valence-electron chi connectivity index (χ3n) is 5.95. The lowest BCUT2D eigenvalue weighted by Crippen LogP contribution is -2.19. The van der Waals surface area contributed by atoms with Gasteiger partial charge in [-0.3, -0.25) is 9.78 Å². The third kappa shape index (κ3) is 4.01. The Morgan fingerprint density at radius 1 is 1.09 bits per heavy atom. The number of hydrogen-bond donors (Lipinski definition) is 2. The highest BCUT2D eigenvalue weighted by atomic mass is 32.2. The summed E-state index contributed by atoms with van der Waals surface area (Å²) in [4.78, 5) is 0.0490. The summed E-state index contributed by atoms with van der Waals surface area (Å²) in [5, 5.41) is 18.1. The largest absolute Gasteiger partial charge is 0.490 e. The van der Waals surface area contributed by atoms with E-state index in [9.17, 15) is 8.42 Å². The smallest absolute Gasteiger partial charge is 0.238 e. The van der Waals surface area contributed by atoms with Gasteiger partial charge >= 0.3 is 0 Å². The van der Waals surface area contributed by atoms with Crippen molar-refractivity contribution < 1.29 is 13.2 Å². The minimum atomic E-state index is -3.82. The summed E-state index contributed by atoms with van der Waals surface area (Å²) in [5.41, 5.74) is 4.06. The number of sulfonamides is 1.